The van der Waals surface area contributed by atoms with E-state index in [4.69, 9.17) is 0 Å². The zero-order chi connectivity index (χ0) is 14.1. The monoisotopic (exact) mass is 309 g/mol. The smallest absolute Gasteiger partial charge is 0.187 e. The van der Waals surface area contributed by atoms with Crippen molar-refractivity contribution in [3.8, 4) is 10.7 Å². The van der Waals surface area contributed by atoms with E-state index < -0.39 is 0 Å². The summed E-state index contributed by atoms with van der Waals surface area (Å²) in [5, 5.41) is 7.21. The van der Waals surface area contributed by atoms with Gasteiger partial charge in [-0.2, -0.15) is 0 Å². The highest BCUT2D eigenvalue weighted by molar-refractivity contribution is 7.22. The van der Waals surface area contributed by atoms with E-state index in [2.05, 4.69) is 21.4 Å². The van der Waals surface area contributed by atoms with Crippen molar-refractivity contribution in [1.82, 2.24) is 9.97 Å². The molecule has 0 aliphatic heterocycles. The number of nitrogens with zero attached hydrogens (tertiary/aromatic N) is 2. The summed E-state index contributed by atoms with van der Waals surface area (Å²) in [4.78, 5) is 9.26. The molecule has 2 heterocycles. The largest absolute Gasteiger partial charge is 0.332 e. The SMILES string of the molecule is c1ccc(Nc2nc(-c3nc4ccccc4s3)cs2)cc1. The van der Waals surface area contributed by atoms with Gasteiger partial charge in [0.25, 0.3) is 0 Å². The van der Waals surface area contributed by atoms with Gasteiger partial charge in [-0.15, -0.1) is 22.7 Å². The first-order valence-electron chi connectivity index (χ1n) is 6.52. The molecule has 0 bridgehead atoms. The Balaban J connectivity index is 1.64. The summed E-state index contributed by atoms with van der Waals surface area (Å²) < 4.78 is 1.19. The molecule has 0 saturated heterocycles. The van der Waals surface area contributed by atoms with E-state index in [-0.39, 0.29) is 0 Å². The zero-order valence-electron chi connectivity index (χ0n) is 11.0. The van der Waals surface area contributed by atoms with Crippen LogP contribution in [0.2, 0.25) is 0 Å². The maximum Gasteiger partial charge on any atom is 0.187 e. The maximum absolute atomic E-state index is 4.64. The fourth-order valence-corrected chi connectivity index (χ4v) is 3.77. The van der Waals surface area contributed by atoms with Crippen LogP contribution in [0.5, 0.6) is 0 Å². The van der Waals surface area contributed by atoms with Crippen LogP contribution in [0.4, 0.5) is 10.8 Å². The van der Waals surface area contributed by atoms with E-state index in [9.17, 15) is 0 Å². The molecule has 0 spiro atoms. The van der Waals surface area contributed by atoms with E-state index >= 15 is 0 Å². The van der Waals surface area contributed by atoms with E-state index in [0.717, 1.165) is 27.0 Å². The van der Waals surface area contributed by atoms with Crippen LogP contribution in [0.3, 0.4) is 0 Å². The van der Waals surface area contributed by atoms with Crippen molar-refractivity contribution in [2.75, 3.05) is 5.32 Å². The van der Waals surface area contributed by atoms with E-state index in [0.29, 0.717) is 0 Å². The molecule has 2 aromatic carbocycles. The molecule has 0 saturated carbocycles. The summed E-state index contributed by atoms with van der Waals surface area (Å²) in [6.45, 7) is 0. The number of hydrogen-bond acceptors (Lipinski definition) is 5. The highest BCUT2D eigenvalue weighted by Crippen LogP contribution is 2.32. The summed E-state index contributed by atoms with van der Waals surface area (Å²) in [5.41, 5.74) is 3.00. The topological polar surface area (TPSA) is 37.8 Å². The van der Waals surface area contributed by atoms with Crippen molar-refractivity contribution < 1.29 is 0 Å². The fraction of sp³-hybridized carbons (Fsp3) is 0. The number of benzene rings is 2. The lowest BCUT2D eigenvalue weighted by Crippen LogP contribution is -1.88. The Morgan fingerprint density at radius 2 is 1.67 bits per heavy atom. The summed E-state index contributed by atoms with van der Waals surface area (Å²) in [6, 6.07) is 18.2. The molecule has 0 fully saturated rings. The van der Waals surface area contributed by atoms with Crippen molar-refractivity contribution in [3.63, 3.8) is 0 Å². The molecule has 0 radical (unpaired) electrons. The fourth-order valence-electron chi connectivity index (χ4n) is 2.06. The number of para-hydroxylation sites is 2. The van der Waals surface area contributed by atoms with Crippen LogP contribution in [-0.2, 0) is 0 Å². The molecule has 1 N–H and O–H groups in total. The van der Waals surface area contributed by atoms with Gasteiger partial charge in [0.05, 0.1) is 10.2 Å². The van der Waals surface area contributed by atoms with E-state index in [1.165, 1.54) is 4.70 Å². The Morgan fingerprint density at radius 1 is 0.857 bits per heavy atom. The molecular formula is C16H11N3S2. The van der Waals surface area contributed by atoms with Crippen LogP contribution < -0.4 is 5.32 Å². The molecule has 4 aromatic rings. The number of fused-ring (bicyclic) bond motifs is 1. The minimum Gasteiger partial charge on any atom is -0.332 e. The van der Waals surface area contributed by atoms with Crippen LogP contribution in [0.1, 0.15) is 0 Å². The van der Waals surface area contributed by atoms with Crippen LogP contribution in [0, 0.1) is 0 Å². The Morgan fingerprint density at radius 3 is 2.52 bits per heavy atom. The predicted octanol–water partition coefficient (Wildman–Crippen LogP) is 5.16. The minimum absolute atomic E-state index is 0.885. The van der Waals surface area contributed by atoms with Gasteiger partial charge in [0.15, 0.2) is 5.13 Å². The minimum atomic E-state index is 0.885. The number of nitrogens with one attached hydrogen (secondary N) is 1. The average molecular weight is 309 g/mol. The van der Waals surface area contributed by atoms with Crippen molar-refractivity contribution in [3.05, 3.63) is 60.0 Å². The molecule has 0 unspecified atom stereocenters. The number of anilines is 2. The summed E-state index contributed by atoms with van der Waals surface area (Å²) >= 11 is 3.27. The normalized spacial score (nSPS) is 10.9. The third kappa shape index (κ3) is 2.53. The van der Waals surface area contributed by atoms with Gasteiger partial charge in [-0.05, 0) is 24.3 Å². The lowest BCUT2D eigenvalue weighted by atomic mass is 10.3. The van der Waals surface area contributed by atoms with Gasteiger partial charge in [-0.3, -0.25) is 0 Å². The molecule has 0 aliphatic rings. The standard InChI is InChI=1S/C16H11N3S2/c1-2-6-11(7-3-1)17-16-19-13(10-20-16)15-18-12-8-4-5-9-14(12)21-15/h1-10H,(H,17,19). The summed E-state index contributed by atoms with van der Waals surface area (Å²) in [6.07, 6.45) is 0. The molecule has 0 aliphatic carbocycles. The van der Waals surface area contributed by atoms with Crippen molar-refractivity contribution in [2.45, 2.75) is 0 Å². The summed E-state index contributed by atoms with van der Waals surface area (Å²) in [5.74, 6) is 0. The number of rotatable bonds is 3. The predicted molar refractivity (Wildman–Crippen MR) is 90.5 cm³/mol. The Bertz CT molecular complexity index is 848. The van der Waals surface area contributed by atoms with Gasteiger partial charge in [0, 0.05) is 11.1 Å². The van der Waals surface area contributed by atoms with Crippen molar-refractivity contribution in [1.29, 1.82) is 0 Å². The van der Waals surface area contributed by atoms with Crippen molar-refractivity contribution in [2.24, 2.45) is 0 Å². The van der Waals surface area contributed by atoms with Gasteiger partial charge in [-0.1, -0.05) is 30.3 Å². The molecule has 102 valence electrons. The highest BCUT2D eigenvalue weighted by atomic mass is 32.1. The molecular weight excluding hydrogens is 298 g/mol. The number of aromatic nitrogens is 2. The van der Waals surface area contributed by atoms with Gasteiger partial charge < -0.3 is 5.32 Å². The quantitative estimate of drug-likeness (QED) is 0.568. The number of hydrogen-bond donors (Lipinski definition) is 1. The Kier molecular flexibility index (Phi) is 3.14. The molecule has 4 rings (SSSR count). The second-order valence-electron chi connectivity index (χ2n) is 4.52. The number of thiazole rings is 2. The third-order valence-corrected chi connectivity index (χ3v) is 4.86. The first kappa shape index (κ1) is 12.5. The van der Waals surface area contributed by atoms with Crippen LogP contribution >= 0.6 is 22.7 Å². The van der Waals surface area contributed by atoms with Gasteiger partial charge in [0.2, 0.25) is 0 Å². The van der Waals surface area contributed by atoms with Gasteiger partial charge >= 0.3 is 0 Å². The zero-order valence-corrected chi connectivity index (χ0v) is 12.6. The molecule has 0 atom stereocenters. The first-order chi connectivity index (χ1) is 10.4. The van der Waals surface area contributed by atoms with Crippen LogP contribution in [0.15, 0.2) is 60.0 Å². The highest BCUT2D eigenvalue weighted by Gasteiger charge is 2.10. The Labute approximate surface area is 129 Å². The van der Waals surface area contributed by atoms with E-state index in [1.807, 2.05) is 53.9 Å². The van der Waals surface area contributed by atoms with Gasteiger partial charge in [-0.25, -0.2) is 9.97 Å². The maximum atomic E-state index is 4.64. The third-order valence-electron chi connectivity index (χ3n) is 3.04. The van der Waals surface area contributed by atoms with Gasteiger partial charge in [0.1, 0.15) is 10.7 Å². The molecule has 2 aromatic heterocycles. The molecule has 21 heavy (non-hydrogen) atoms. The lowest BCUT2D eigenvalue weighted by Gasteiger charge is -2.00. The lowest BCUT2D eigenvalue weighted by molar-refractivity contribution is 1.36. The Hall–Kier alpha value is -2.24. The van der Waals surface area contributed by atoms with Crippen molar-refractivity contribution >= 4 is 43.7 Å². The molecule has 3 nitrogen and oxygen atoms in total. The first-order valence-corrected chi connectivity index (χ1v) is 8.22. The van der Waals surface area contributed by atoms with Crippen LogP contribution in [0.25, 0.3) is 20.9 Å². The molecule has 0 amide bonds. The average Bonchev–Trinajstić information content (AvgIpc) is 3.14. The second kappa shape index (κ2) is 5.27. The van der Waals surface area contributed by atoms with Crippen LogP contribution in [-0.4, -0.2) is 9.97 Å². The molecule has 5 heteroatoms. The van der Waals surface area contributed by atoms with E-state index in [1.54, 1.807) is 22.7 Å². The summed E-state index contributed by atoms with van der Waals surface area (Å²) in [7, 11) is 0. The second-order valence-corrected chi connectivity index (χ2v) is 6.40.